The summed E-state index contributed by atoms with van der Waals surface area (Å²) in [5.41, 5.74) is 6.41. The number of nitrogens with two attached hydrogens (primary N) is 1. The summed E-state index contributed by atoms with van der Waals surface area (Å²) < 4.78 is 21.4. The van der Waals surface area contributed by atoms with Crippen molar-refractivity contribution in [2.75, 3.05) is 32.0 Å². The Morgan fingerprint density at radius 3 is 2.55 bits per heavy atom. The van der Waals surface area contributed by atoms with E-state index in [9.17, 15) is 9.00 Å². The van der Waals surface area contributed by atoms with Gasteiger partial charge in [-0.05, 0) is 13.0 Å². The van der Waals surface area contributed by atoms with Crippen LogP contribution in [-0.4, -0.2) is 42.4 Å². The molecule has 1 aromatic carbocycles. The van der Waals surface area contributed by atoms with E-state index in [-0.39, 0.29) is 23.2 Å². The van der Waals surface area contributed by atoms with Crippen LogP contribution in [0.1, 0.15) is 17.3 Å². The maximum atomic E-state index is 12.2. The van der Waals surface area contributed by atoms with E-state index in [0.717, 1.165) is 0 Å². The maximum absolute atomic E-state index is 12.2. The van der Waals surface area contributed by atoms with Crippen LogP contribution in [-0.2, 0) is 10.8 Å². The fourth-order valence-corrected chi connectivity index (χ4v) is 2.56. The number of carbonyl (C=O) groups is 1. The highest BCUT2D eigenvalue weighted by atomic mass is 32.2. The fourth-order valence-electron chi connectivity index (χ4n) is 1.77. The summed E-state index contributed by atoms with van der Waals surface area (Å²) in [6.45, 7) is 1.78. The van der Waals surface area contributed by atoms with Gasteiger partial charge >= 0.3 is 0 Å². The Morgan fingerprint density at radius 2 is 2.05 bits per heavy atom. The van der Waals surface area contributed by atoms with Crippen LogP contribution in [0.15, 0.2) is 12.1 Å². The first-order valence-electron chi connectivity index (χ1n) is 6.01. The Kier molecular flexibility index (Phi) is 5.82. The van der Waals surface area contributed by atoms with E-state index in [4.69, 9.17) is 15.2 Å². The summed E-state index contributed by atoms with van der Waals surface area (Å²) in [6, 6.07) is 2.93. The molecule has 0 fully saturated rings. The van der Waals surface area contributed by atoms with Crippen LogP contribution in [0.4, 0.5) is 5.69 Å². The number of rotatable bonds is 6. The normalized spacial score (nSPS) is 13.4. The molecule has 0 aliphatic carbocycles. The third kappa shape index (κ3) is 4.12. The van der Waals surface area contributed by atoms with Crippen LogP contribution in [0.5, 0.6) is 11.5 Å². The predicted molar refractivity (Wildman–Crippen MR) is 79.8 cm³/mol. The summed E-state index contributed by atoms with van der Waals surface area (Å²) in [4.78, 5) is 12.2. The number of nitrogen functional groups attached to an aromatic ring is 1. The Morgan fingerprint density at radius 1 is 1.40 bits per heavy atom. The van der Waals surface area contributed by atoms with Crippen molar-refractivity contribution in [3.05, 3.63) is 17.7 Å². The zero-order valence-electron chi connectivity index (χ0n) is 12.1. The minimum absolute atomic E-state index is 0.218. The number of nitrogens with one attached hydrogen (secondary N) is 1. The zero-order valence-corrected chi connectivity index (χ0v) is 12.9. The molecule has 2 unspecified atom stereocenters. The minimum Gasteiger partial charge on any atom is -0.497 e. The van der Waals surface area contributed by atoms with Crippen LogP contribution in [0.3, 0.4) is 0 Å². The Hall–Kier alpha value is -1.76. The molecular weight excluding hydrogens is 280 g/mol. The first-order chi connectivity index (χ1) is 9.38. The van der Waals surface area contributed by atoms with Crippen molar-refractivity contribution in [2.24, 2.45) is 0 Å². The molecule has 20 heavy (non-hydrogen) atoms. The van der Waals surface area contributed by atoms with E-state index in [0.29, 0.717) is 17.3 Å². The summed E-state index contributed by atoms with van der Waals surface area (Å²) in [5, 5.41) is 2.75. The lowest BCUT2D eigenvalue weighted by molar-refractivity contribution is 0.0944. The van der Waals surface area contributed by atoms with Gasteiger partial charge in [0.1, 0.15) is 11.5 Å². The van der Waals surface area contributed by atoms with E-state index in [1.54, 1.807) is 25.3 Å². The molecule has 0 saturated carbocycles. The van der Waals surface area contributed by atoms with Gasteiger partial charge in [0.05, 0.1) is 25.5 Å². The third-order valence-corrected chi connectivity index (χ3v) is 3.65. The van der Waals surface area contributed by atoms with Crippen molar-refractivity contribution in [2.45, 2.75) is 13.0 Å². The number of methoxy groups -OCH3 is 2. The summed E-state index contributed by atoms with van der Waals surface area (Å²) >= 11 is 0. The molecule has 0 aliphatic heterocycles. The SMILES string of the molecule is COc1cc(OC)c(N)c(C(=O)NC(C)CS(C)=O)c1. The average Bonchev–Trinajstić information content (AvgIpc) is 2.37. The third-order valence-electron chi connectivity index (χ3n) is 2.68. The highest BCUT2D eigenvalue weighted by molar-refractivity contribution is 7.84. The largest absolute Gasteiger partial charge is 0.497 e. The van der Waals surface area contributed by atoms with Gasteiger partial charge in [0.15, 0.2) is 0 Å². The number of hydrogen-bond acceptors (Lipinski definition) is 5. The lowest BCUT2D eigenvalue weighted by Crippen LogP contribution is -2.36. The van der Waals surface area contributed by atoms with Crippen molar-refractivity contribution in [1.29, 1.82) is 0 Å². The molecule has 1 amide bonds. The molecule has 1 aromatic rings. The van der Waals surface area contributed by atoms with Gasteiger partial charge in [-0.1, -0.05) is 0 Å². The predicted octanol–water partition coefficient (Wildman–Crippen LogP) is 0.783. The summed E-state index contributed by atoms with van der Waals surface area (Å²) in [5.74, 6) is 0.888. The fraction of sp³-hybridized carbons (Fsp3) is 0.462. The van der Waals surface area contributed by atoms with Crippen LogP contribution >= 0.6 is 0 Å². The molecule has 0 aromatic heterocycles. The smallest absolute Gasteiger partial charge is 0.253 e. The Balaban J connectivity index is 3.00. The van der Waals surface area contributed by atoms with E-state index < -0.39 is 10.8 Å². The highest BCUT2D eigenvalue weighted by Crippen LogP contribution is 2.30. The van der Waals surface area contributed by atoms with Crippen LogP contribution in [0, 0.1) is 0 Å². The van der Waals surface area contributed by atoms with E-state index in [1.807, 2.05) is 0 Å². The van der Waals surface area contributed by atoms with Crippen LogP contribution in [0.25, 0.3) is 0 Å². The average molecular weight is 300 g/mol. The topological polar surface area (TPSA) is 90.7 Å². The first kappa shape index (κ1) is 16.3. The number of hydrogen-bond donors (Lipinski definition) is 2. The molecular formula is C13H20N2O4S. The van der Waals surface area contributed by atoms with Gasteiger partial charge in [0, 0.05) is 34.9 Å². The van der Waals surface area contributed by atoms with Crippen molar-refractivity contribution in [3.8, 4) is 11.5 Å². The second kappa shape index (κ2) is 7.14. The molecule has 6 nitrogen and oxygen atoms in total. The van der Waals surface area contributed by atoms with Crippen LogP contribution in [0.2, 0.25) is 0 Å². The molecule has 1 rings (SSSR count). The highest BCUT2D eigenvalue weighted by Gasteiger charge is 2.18. The number of benzene rings is 1. The lowest BCUT2D eigenvalue weighted by atomic mass is 10.1. The molecule has 0 heterocycles. The second-order valence-electron chi connectivity index (χ2n) is 4.41. The van der Waals surface area contributed by atoms with Gasteiger partial charge in [0.2, 0.25) is 0 Å². The number of amides is 1. The van der Waals surface area contributed by atoms with Crippen molar-refractivity contribution >= 4 is 22.4 Å². The summed E-state index contributed by atoms with van der Waals surface area (Å²) in [7, 11) is 1.98. The number of ether oxygens (including phenoxy) is 2. The van der Waals surface area contributed by atoms with Gasteiger partial charge in [0.25, 0.3) is 5.91 Å². The van der Waals surface area contributed by atoms with Crippen LogP contribution < -0.4 is 20.5 Å². The molecule has 0 aliphatic rings. The molecule has 0 radical (unpaired) electrons. The monoisotopic (exact) mass is 300 g/mol. The summed E-state index contributed by atoms with van der Waals surface area (Å²) in [6.07, 6.45) is 1.59. The standard InChI is InChI=1S/C13H20N2O4S/c1-8(7-20(4)17)15-13(16)10-5-9(18-2)6-11(19-3)12(10)14/h5-6,8H,7,14H2,1-4H3,(H,15,16). The van der Waals surface area contributed by atoms with Gasteiger partial charge < -0.3 is 20.5 Å². The first-order valence-corrected chi connectivity index (χ1v) is 7.74. The molecule has 0 bridgehead atoms. The molecule has 3 N–H and O–H groups in total. The molecule has 0 spiro atoms. The Bertz CT molecular complexity index is 519. The van der Waals surface area contributed by atoms with Gasteiger partial charge in [-0.3, -0.25) is 9.00 Å². The molecule has 0 saturated heterocycles. The minimum atomic E-state index is -0.981. The lowest BCUT2D eigenvalue weighted by Gasteiger charge is -2.16. The van der Waals surface area contributed by atoms with E-state index in [2.05, 4.69) is 5.32 Å². The van der Waals surface area contributed by atoms with Crippen molar-refractivity contribution < 1.29 is 18.5 Å². The maximum Gasteiger partial charge on any atom is 0.253 e. The van der Waals surface area contributed by atoms with Crippen molar-refractivity contribution in [3.63, 3.8) is 0 Å². The quantitative estimate of drug-likeness (QED) is 0.758. The van der Waals surface area contributed by atoms with E-state index >= 15 is 0 Å². The molecule has 7 heteroatoms. The second-order valence-corrected chi connectivity index (χ2v) is 5.88. The van der Waals surface area contributed by atoms with Gasteiger partial charge in [-0.2, -0.15) is 0 Å². The van der Waals surface area contributed by atoms with Gasteiger partial charge in [-0.25, -0.2) is 0 Å². The van der Waals surface area contributed by atoms with E-state index in [1.165, 1.54) is 14.2 Å². The number of anilines is 1. The molecule has 112 valence electrons. The number of carbonyl (C=O) groups excluding carboxylic acids is 1. The van der Waals surface area contributed by atoms with Gasteiger partial charge in [-0.15, -0.1) is 0 Å². The molecule has 2 atom stereocenters. The van der Waals surface area contributed by atoms with Crippen molar-refractivity contribution in [1.82, 2.24) is 5.32 Å². The zero-order chi connectivity index (χ0) is 15.3. The Labute approximate surface area is 121 Å².